The van der Waals surface area contributed by atoms with Gasteiger partial charge in [0.1, 0.15) is 6.04 Å². The fourth-order valence-corrected chi connectivity index (χ4v) is 4.66. The van der Waals surface area contributed by atoms with Crippen LogP contribution in [0.25, 0.3) is 0 Å². The van der Waals surface area contributed by atoms with Gasteiger partial charge in [-0.05, 0) is 67.4 Å². The maximum Gasteiger partial charge on any atom is 0.242 e. The molecule has 4 rings (SSSR count). The summed E-state index contributed by atoms with van der Waals surface area (Å²) >= 11 is 0. The number of nitrogens with zero attached hydrogens (tertiary/aromatic N) is 2. The molecule has 0 aliphatic rings. The fraction of sp³-hybridized carbons (Fsp3) is 0.107. The predicted octanol–water partition coefficient (Wildman–Crippen LogP) is 5.94. The zero-order valence-electron chi connectivity index (χ0n) is 19.7. The van der Waals surface area contributed by atoms with Crippen LogP contribution in [0.15, 0.2) is 124 Å². The van der Waals surface area contributed by atoms with Crippen molar-refractivity contribution in [2.24, 2.45) is 10.2 Å². The molecule has 0 fully saturated rings. The highest BCUT2D eigenvalue weighted by molar-refractivity contribution is 7.89. The van der Waals surface area contributed by atoms with Gasteiger partial charge in [0.15, 0.2) is 0 Å². The van der Waals surface area contributed by atoms with Crippen molar-refractivity contribution < 1.29 is 13.2 Å². The van der Waals surface area contributed by atoms with Gasteiger partial charge in [-0.25, -0.2) is 8.42 Å². The van der Waals surface area contributed by atoms with E-state index in [0.717, 1.165) is 16.8 Å². The van der Waals surface area contributed by atoms with Gasteiger partial charge in [0, 0.05) is 5.69 Å². The van der Waals surface area contributed by atoms with Gasteiger partial charge in [-0.3, -0.25) is 4.79 Å². The Labute approximate surface area is 211 Å². The summed E-state index contributed by atoms with van der Waals surface area (Å²) in [4.78, 5) is 13.3. The highest BCUT2D eigenvalue weighted by Gasteiger charge is 2.26. The van der Waals surface area contributed by atoms with Crippen molar-refractivity contribution in [1.29, 1.82) is 0 Å². The smallest absolute Gasteiger partial charge is 0.242 e. The van der Waals surface area contributed by atoms with E-state index in [1.165, 1.54) is 12.1 Å². The van der Waals surface area contributed by atoms with Crippen LogP contribution < -0.4 is 10.0 Å². The second-order valence-electron chi connectivity index (χ2n) is 8.25. The van der Waals surface area contributed by atoms with Crippen LogP contribution in [0.4, 0.5) is 17.1 Å². The number of anilines is 1. The quantitative estimate of drug-likeness (QED) is 0.279. The van der Waals surface area contributed by atoms with Gasteiger partial charge in [-0.1, -0.05) is 66.2 Å². The van der Waals surface area contributed by atoms with E-state index >= 15 is 0 Å². The number of carbonyl (C=O) groups excluding carboxylic acids is 1. The summed E-state index contributed by atoms with van der Waals surface area (Å²) in [7, 11) is -3.91. The van der Waals surface area contributed by atoms with Gasteiger partial charge in [0.2, 0.25) is 15.9 Å². The molecule has 0 radical (unpaired) electrons. The number of azo groups is 1. The molecule has 0 saturated heterocycles. The normalized spacial score (nSPS) is 12.4. The van der Waals surface area contributed by atoms with Gasteiger partial charge >= 0.3 is 0 Å². The molecule has 36 heavy (non-hydrogen) atoms. The Bertz CT molecular complexity index is 1420. The first-order valence-corrected chi connectivity index (χ1v) is 12.9. The first-order chi connectivity index (χ1) is 17.4. The lowest BCUT2D eigenvalue weighted by atomic mass is 10.1. The summed E-state index contributed by atoms with van der Waals surface area (Å²) in [6, 6.07) is 31.0. The molecular formula is C28H26N4O3S. The topological polar surface area (TPSA) is 100.0 Å². The van der Waals surface area contributed by atoms with Crippen LogP contribution in [0, 0.1) is 6.92 Å². The van der Waals surface area contributed by atoms with E-state index in [-0.39, 0.29) is 11.3 Å². The van der Waals surface area contributed by atoms with Gasteiger partial charge in [-0.15, -0.1) is 0 Å². The van der Waals surface area contributed by atoms with Crippen LogP contribution in [0.1, 0.15) is 11.1 Å². The van der Waals surface area contributed by atoms with E-state index in [1.54, 1.807) is 36.4 Å². The molecule has 0 aromatic heterocycles. The van der Waals surface area contributed by atoms with Gasteiger partial charge in [0.25, 0.3) is 0 Å². The molecule has 4 aromatic rings. The van der Waals surface area contributed by atoms with Crippen LogP contribution >= 0.6 is 0 Å². The lowest BCUT2D eigenvalue weighted by Crippen LogP contribution is -2.45. The molecule has 2 N–H and O–H groups in total. The van der Waals surface area contributed by atoms with Gasteiger partial charge in [-0.2, -0.15) is 15.0 Å². The summed E-state index contributed by atoms with van der Waals surface area (Å²) in [6.45, 7) is 1.88. The molecule has 0 saturated carbocycles. The summed E-state index contributed by atoms with van der Waals surface area (Å²) in [5.74, 6) is -0.465. The van der Waals surface area contributed by atoms with E-state index in [2.05, 4.69) is 20.3 Å². The third kappa shape index (κ3) is 6.94. The second-order valence-corrected chi connectivity index (χ2v) is 9.96. The number of nitrogens with one attached hydrogen (secondary N) is 2. The minimum absolute atomic E-state index is 0.104. The average molecular weight is 499 g/mol. The van der Waals surface area contributed by atoms with Crippen LogP contribution in [-0.2, 0) is 21.2 Å². The number of sulfonamides is 1. The molecule has 0 heterocycles. The largest absolute Gasteiger partial charge is 0.325 e. The highest BCUT2D eigenvalue weighted by Crippen LogP contribution is 2.21. The number of hydrogen-bond acceptors (Lipinski definition) is 5. The lowest BCUT2D eigenvalue weighted by Gasteiger charge is -2.19. The number of aryl methyl sites for hydroxylation is 1. The van der Waals surface area contributed by atoms with E-state index in [0.29, 0.717) is 11.4 Å². The number of hydrogen-bond donors (Lipinski definition) is 2. The number of carbonyl (C=O) groups is 1. The van der Waals surface area contributed by atoms with Crippen molar-refractivity contribution in [2.45, 2.75) is 24.3 Å². The molecule has 4 aromatic carbocycles. The van der Waals surface area contributed by atoms with Crippen molar-refractivity contribution in [2.75, 3.05) is 5.32 Å². The number of benzene rings is 4. The van der Waals surface area contributed by atoms with Crippen LogP contribution in [0.5, 0.6) is 0 Å². The molecule has 0 aliphatic heterocycles. The predicted molar refractivity (Wildman–Crippen MR) is 141 cm³/mol. The number of amides is 1. The molecular weight excluding hydrogens is 472 g/mol. The van der Waals surface area contributed by atoms with Crippen LogP contribution in [0.2, 0.25) is 0 Å². The molecule has 7 nitrogen and oxygen atoms in total. The van der Waals surface area contributed by atoms with E-state index < -0.39 is 22.0 Å². The van der Waals surface area contributed by atoms with E-state index in [1.807, 2.05) is 67.6 Å². The SMILES string of the molecule is Cc1ccc(S(=O)(=O)N[C@@H](Cc2ccccc2)C(=O)Nc2ccc(N=Nc3ccccc3)cc2)cc1. The van der Waals surface area contributed by atoms with Crippen LogP contribution in [0.3, 0.4) is 0 Å². The average Bonchev–Trinajstić information content (AvgIpc) is 2.89. The molecule has 8 heteroatoms. The Morgan fingerprint density at radius 3 is 1.92 bits per heavy atom. The van der Waals surface area contributed by atoms with Crippen molar-refractivity contribution in [1.82, 2.24) is 4.72 Å². The Kier molecular flexibility index (Phi) is 7.99. The Morgan fingerprint density at radius 1 is 0.750 bits per heavy atom. The van der Waals surface area contributed by atoms with E-state index in [4.69, 9.17) is 0 Å². The highest BCUT2D eigenvalue weighted by atomic mass is 32.2. The molecule has 1 amide bonds. The maximum absolute atomic E-state index is 13.2. The number of rotatable bonds is 9. The summed E-state index contributed by atoms with van der Waals surface area (Å²) in [6.07, 6.45) is 0.196. The Morgan fingerprint density at radius 2 is 1.31 bits per heavy atom. The summed E-state index contributed by atoms with van der Waals surface area (Å²) in [5, 5.41) is 11.2. The zero-order chi connectivity index (χ0) is 25.4. The third-order valence-corrected chi connectivity index (χ3v) is 6.89. The monoisotopic (exact) mass is 498 g/mol. The molecule has 1 atom stereocenters. The standard InChI is InChI=1S/C28H26N4O3S/c1-21-12-18-26(19-13-21)36(34,35)32-27(20-22-8-4-2-5-9-22)28(33)29-23-14-16-25(17-15-23)31-30-24-10-6-3-7-11-24/h2-19,27,32H,20H2,1H3,(H,29,33)/t27-/m0/s1. The Balaban J connectivity index is 1.49. The summed E-state index contributed by atoms with van der Waals surface area (Å²) in [5.41, 5.74) is 3.66. The fourth-order valence-electron chi connectivity index (χ4n) is 3.46. The maximum atomic E-state index is 13.2. The van der Waals surface area contributed by atoms with Gasteiger partial charge in [0.05, 0.1) is 16.3 Å². The molecule has 0 unspecified atom stereocenters. The van der Waals surface area contributed by atoms with Gasteiger partial charge < -0.3 is 5.32 Å². The Hall–Kier alpha value is -4.14. The minimum atomic E-state index is -3.91. The van der Waals surface area contributed by atoms with Crippen molar-refractivity contribution in [3.05, 3.63) is 120 Å². The van der Waals surface area contributed by atoms with Crippen molar-refractivity contribution in [3.63, 3.8) is 0 Å². The molecule has 0 aliphatic carbocycles. The third-order valence-electron chi connectivity index (χ3n) is 5.40. The first-order valence-electron chi connectivity index (χ1n) is 11.4. The summed E-state index contributed by atoms with van der Waals surface area (Å²) < 4.78 is 28.6. The second kappa shape index (κ2) is 11.5. The van der Waals surface area contributed by atoms with Crippen molar-refractivity contribution >= 4 is 33.0 Å². The lowest BCUT2D eigenvalue weighted by molar-refractivity contribution is -0.117. The molecule has 182 valence electrons. The zero-order valence-corrected chi connectivity index (χ0v) is 20.5. The van der Waals surface area contributed by atoms with Crippen molar-refractivity contribution in [3.8, 4) is 0 Å². The van der Waals surface area contributed by atoms with E-state index in [9.17, 15) is 13.2 Å². The molecule has 0 bridgehead atoms. The molecule has 0 spiro atoms. The van der Waals surface area contributed by atoms with Crippen LogP contribution in [-0.4, -0.2) is 20.4 Å². The first kappa shape index (κ1) is 25.0. The minimum Gasteiger partial charge on any atom is -0.325 e.